The van der Waals surface area contributed by atoms with Gasteiger partial charge in [0.1, 0.15) is 0 Å². The van der Waals surface area contributed by atoms with Gasteiger partial charge in [-0.25, -0.2) is 8.78 Å². The SMILES string of the molecule is OC(CCN1CC2CCC(O)C2C1)c1cccc(F)c1F. The lowest BCUT2D eigenvalue weighted by Crippen LogP contribution is -2.26. The summed E-state index contributed by atoms with van der Waals surface area (Å²) in [5.41, 5.74) is 0.0226. The molecule has 0 bridgehead atoms. The van der Waals surface area contributed by atoms with Gasteiger partial charge in [-0.2, -0.15) is 0 Å². The van der Waals surface area contributed by atoms with Crippen LogP contribution in [0.25, 0.3) is 0 Å². The summed E-state index contributed by atoms with van der Waals surface area (Å²) in [7, 11) is 0. The number of hydrogen-bond donors (Lipinski definition) is 2. The van der Waals surface area contributed by atoms with Gasteiger partial charge in [-0.05, 0) is 31.2 Å². The number of hydrogen-bond acceptors (Lipinski definition) is 3. The first-order valence-corrected chi connectivity index (χ1v) is 7.58. The zero-order valence-electron chi connectivity index (χ0n) is 11.9. The molecular weight excluding hydrogens is 276 g/mol. The van der Waals surface area contributed by atoms with E-state index in [0.717, 1.165) is 32.0 Å². The third-order valence-corrected chi connectivity index (χ3v) is 4.95. The van der Waals surface area contributed by atoms with E-state index in [1.54, 1.807) is 0 Å². The topological polar surface area (TPSA) is 43.7 Å². The molecule has 0 amide bonds. The normalized spacial score (nSPS) is 30.6. The molecule has 5 heteroatoms. The van der Waals surface area contributed by atoms with Crippen LogP contribution in [-0.2, 0) is 0 Å². The van der Waals surface area contributed by atoms with Crippen LogP contribution in [-0.4, -0.2) is 40.9 Å². The second-order valence-electron chi connectivity index (χ2n) is 6.28. The zero-order chi connectivity index (χ0) is 15.0. The number of rotatable bonds is 4. The number of halogens is 2. The van der Waals surface area contributed by atoms with Crippen LogP contribution in [0, 0.1) is 23.5 Å². The highest BCUT2D eigenvalue weighted by atomic mass is 19.2. The molecule has 3 nitrogen and oxygen atoms in total. The predicted molar refractivity (Wildman–Crippen MR) is 74.6 cm³/mol. The summed E-state index contributed by atoms with van der Waals surface area (Å²) in [6, 6.07) is 3.88. The number of likely N-dealkylation sites (tertiary alicyclic amines) is 1. The summed E-state index contributed by atoms with van der Waals surface area (Å²) < 4.78 is 26.8. The third-order valence-electron chi connectivity index (χ3n) is 4.95. The van der Waals surface area contributed by atoms with Crippen molar-refractivity contribution in [2.45, 2.75) is 31.5 Å². The summed E-state index contributed by atoms with van der Waals surface area (Å²) in [6.45, 7) is 2.40. The standard InChI is InChI=1S/C16H21F2NO2/c17-13-3-1-2-11(16(13)18)15(21)6-7-19-8-10-4-5-14(20)12(10)9-19/h1-3,10,12,14-15,20-21H,4-9H2. The quantitative estimate of drug-likeness (QED) is 0.894. The lowest BCUT2D eigenvalue weighted by Gasteiger charge is -2.20. The van der Waals surface area contributed by atoms with Gasteiger partial charge in [0.05, 0.1) is 12.2 Å². The fourth-order valence-electron chi connectivity index (χ4n) is 3.75. The molecule has 1 aromatic rings. The first-order chi connectivity index (χ1) is 10.1. The first-order valence-electron chi connectivity index (χ1n) is 7.58. The van der Waals surface area contributed by atoms with Crippen LogP contribution in [0.5, 0.6) is 0 Å². The Morgan fingerprint density at radius 1 is 1.24 bits per heavy atom. The molecule has 1 aromatic carbocycles. The van der Waals surface area contributed by atoms with Crippen molar-refractivity contribution >= 4 is 0 Å². The van der Waals surface area contributed by atoms with Gasteiger partial charge >= 0.3 is 0 Å². The maximum Gasteiger partial charge on any atom is 0.164 e. The van der Waals surface area contributed by atoms with E-state index in [2.05, 4.69) is 4.90 Å². The summed E-state index contributed by atoms with van der Waals surface area (Å²) >= 11 is 0. The second kappa shape index (κ2) is 5.99. The molecule has 1 saturated heterocycles. The van der Waals surface area contributed by atoms with E-state index in [1.165, 1.54) is 12.1 Å². The second-order valence-corrected chi connectivity index (χ2v) is 6.28. The molecule has 4 unspecified atom stereocenters. The Morgan fingerprint density at radius 2 is 2.05 bits per heavy atom. The molecular formula is C16H21F2NO2. The fraction of sp³-hybridized carbons (Fsp3) is 0.625. The Kier molecular flexibility index (Phi) is 4.24. The van der Waals surface area contributed by atoms with E-state index in [9.17, 15) is 19.0 Å². The maximum atomic E-state index is 13.6. The Balaban J connectivity index is 1.55. The van der Waals surface area contributed by atoms with Gasteiger partial charge in [-0.1, -0.05) is 12.1 Å². The van der Waals surface area contributed by atoms with Gasteiger partial charge < -0.3 is 15.1 Å². The summed E-state index contributed by atoms with van der Waals surface area (Å²) in [4.78, 5) is 2.21. The van der Waals surface area contributed by atoms with Gasteiger partial charge in [0, 0.05) is 31.1 Å². The van der Waals surface area contributed by atoms with E-state index in [0.29, 0.717) is 24.8 Å². The third kappa shape index (κ3) is 2.96. The smallest absolute Gasteiger partial charge is 0.164 e. The number of aliphatic hydroxyl groups excluding tert-OH is 2. The van der Waals surface area contributed by atoms with Crippen LogP contribution in [0.3, 0.4) is 0 Å². The van der Waals surface area contributed by atoms with E-state index in [1.807, 2.05) is 0 Å². The number of fused-ring (bicyclic) bond motifs is 1. The Bertz CT molecular complexity index is 511. The van der Waals surface area contributed by atoms with E-state index in [-0.39, 0.29) is 11.7 Å². The van der Waals surface area contributed by atoms with Crippen LogP contribution in [0.1, 0.15) is 30.9 Å². The van der Waals surface area contributed by atoms with Crippen molar-refractivity contribution in [1.82, 2.24) is 4.90 Å². The van der Waals surface area contributed by atoms with Gasteiger partial charge in [0.15, 0.2) is 11.6 Å². The van der Waals surface area contributed by atoms with Crippen molar-refractivity contribution < 1.29 is 19.0 Å². The molecule has 1 saturated carbocycles. The minimum Gasteiger partial charge on any atom is -0.393 e. The van der Waals surface area contributed by atoms with Crippen LogP contribution in [0.4, 0.5) is 8.78 Å². The lowest BCUT2D eigenvalue weighted by atomic mass is 10.00. The number of benzene rings is 1. The van der Waals surface area contributed by atoms with Crippen molar-refractivity contribution in [1.29, 1.82) is 0 Å². The average molecular weight is 297 g/mol. The van der Waals surface area contributed by atoms with E-state index in [4.69, 9.17) is 0 Å². The van der Waals surface area contributed by atoms with Crippen LogP contribution >= 0.6 is 0 Å². The molecule has 1 aliphatic carbocycles. The van der Waals surface area contributed by atoms with Gasteiger partial charge in [0.2, 0.25) is 0 Å². The van der Waals surface area contributed by atoms with Crippen LogP contribution in [0.2, 0.25) is 0 Å². The summed E-state index contributed by atoms with van der Waals surface area (Å²) in [5, 5.41) is 19.9. The molecule has 3 rings (SSSR count). The van der Waals surface area contributed by atoms with Gasteiger partial charge in [-0.3, -0.25) is 0 Å². The molecule has 1 heterocycles. The van der Waals surface area contributed by atoms with E-state index >= 15 is 0 Å². The summed E-state index contributed by atoms with van der Waals surface area (Å²) in [6.07, 6.45) is 1.12. The minimum absolute atomic E-state index is 0.0226. The minimum atomic E-state index is -0.994. The van der Waals surface area contributed by atoms with Crippen molar-refractivity contribution in [3.63, 3.8) is 0 Å². The molecule has 116 valence electrons. The van der Waals surface area contributed by atoms with Gasteiger partial charge in [-0.15, -0.1) is 0 Å². The maximum absolute atomic E-state index is 13.6. The van der Waals surface area contributed by atoms with Crippen LogP contribution in [0.15, 0.2) is 18.2 Å². The molecule has 0 radical (unpaired) electrons. The molecule has 2 fully saturated rings. The van der Waals surface area contributed by atoms with Crippen molar-refractivity contribution in [2.75, 3.05) is 19.6 Å². The highest BCUT2D eigenvalue weighted by Crippen LogP contribution is 2.38. The molecule has 0 aromatic heterocycles. The molecule has 2 aliphatic rings. The Labute approximate surface area is 123 Å². The van der Waals surface area contributed by atoms with Crippen molar-refractivity contribution in [2.24, 2.45) is 11.8 Å². The largest absolute Gasteiger partial charge is 0.393 e. The zero-order valence-corrected chi connectivity index (χ0v) is 11.9. The van der Waals surface area contributed by atoms with Crippen molar-refractivity contribution in [3.05, 3.63) is 35.4 Å². The summed E-state index contributed by atoms with van der Waals surface area (Å²) in [5.74, 6) is -1.000. The average Bonchev–Trinajstić information content (AvgIpc) is 3.01. The predicted octanol–water partition coefficient (Wildman–Crippen LogP) is 2.09. The van der Waals surface area contributed by atoms with E-state index < -0.39 is 17.7 Å². The first kappa shape index (κ1) is 14.9. The highest BCUT2D eigenvalue weighted by Gasteiger charge is 2.41. The molecule has 4 atom stereocenters. The fourth-order valence-corrected chi connectivity index (χ4v) is 3.75. The van der Waals surface area contributed by atoms with Crippen LogP contribution < -0.4 is 0 Å². The Morgan fingerprint density at radius 3 is 2.81 bits per heavy atom. The van der Waals surface area contributed by atoms with Gasteiger partial charge in [0.25, 0.3) is 0 Å². The molecule has 21 heavy (non-hydrogen) atoms. The molecule has 2 N–H and O–H groups in total. The molecule has 0 spiro atoms. The number of aliphatic hydroxyl groups is 2. The van der Waals surface area contributed by atoms with Crippen molar-refractivity contribution in [3.8, 4) is 0 Å². The monoisotopic (exact) mass is 297 g/mol. The highest BCUT2D eigenvalue weighted by molar-refractivity contribution is 5.21. The molecule has 1 aliphatic heterocycles. The lowest BCUT2D eigenvalue weighted by molar-refractivity contribution is 0.116. The number of nitrogens with zero attached hydrogens (tertiary/aromatic N) is 1. The Hall–Kier alpha value is -1.04.